The Bertz CT molecular complexity index is 416. The van der Waals surface area contributed by atoms with Gasteiger partial charge >= 0.3 is 5.97 Å². The highest BCUT2D eigenvalue weighted by Gasteiger charge is 2.38. The summed E-state index contributed by atoms with van der Waals surface area (Å²) in [6, 6.07) is -0.250. The molecule has 0 aromatic carbocycles. The van der Waals surface area contributed by atoms with Gasteiger partial charge in [0.1, 0.15) is 0 Å². The molecule has 112 valence electrons. The van der Waals surface area contributed by atoms with E-state index in [4.69, 9.17) is 9.84 Å². The molecule has 19 heavy (non-hydrogen) atoms. The minimum atomic E-state index is -3.83. The van der Waals surface area contributed by atoms with Gasteiger partial charge < -0.3 is 9.84 Å². The zero-order valence-corrected chi connectivity index (χ0v) is 12.5. The number of carboxylic acid groups (broad SMARTS) is 1. The second-order valence-electron chi connectivity index (χ2n) is 5.07. The van der Waals surface area contributed by atoms with Crippen LogP contribution in [-0.4, -0.2) is 43.0 Å². The molecule has 2 atom stereocenters. The summed E-state index contributed by atoms with van der Waals surface area (Å²) in [4.78, 5) is 10.8. The van der Waals surface area contributed by atoms with E-state index in [1.165, 1.54) is 6.92 Å². The van der Waals surface area contributed by atoms with Crippen LogP contribution >= 0.6 is 0 Å². The molecule has 1 aliphatic rings. The van der Waals surface area contributed by atoms with E-state index in [0.717, 1.165) is 12.8 Å². The average Bonchev–Trinajstić information content (AvgIpc) is 2.37. The highest BCUT2D eigenvalue weighted by atomic mass is 32.2. The Morgan fingerprint density at radius 1 is 1.47 bits per heavy atom. The third-order valence-electron chi connectivity index (χ3n) is 3.93. The molecule has 0 bridgehead atoms. The summed E-state index contributed by atoms with van der Waals surface area (Å²) in [6.07, 6.45) is 2.80. The van der Waals surface area contributed by atoms with Crippen molar-refractivity contribution in [3.05, 3.63) is 0 Å². The zero-order valence-electron chi connectivity index (χ0n) is 11.7. The molecule has 1 aliphatic heterocycles. The second-order valence-corrected chi connectivity index (χ2v) is 7.10. The summed E-state index contributed by atoms with van der Waals surface area (Å²) in [5.74, 6) is -1.34. The molecule has 1 heterocycles. The molecule has 0 saturated carbocycles. The molecule has 7 heteroatoms. The number of hydrogen-bond donors (Lipinski definition) is 2. The fourth-order valence-electron chi connectivity index (χ4n) is 2.34. The van der Waals surface area contributed by atoms with Gasteiger partial charge in [-0.15, -0.1) is 0 Å². The zero-order chi connectivity index (χ0) is 14.7. The fraction of sp³-hybridized carbons (Fsp3) is 0.917. The van der Waals surface area contributed by atoms with Gasteiger partial charge in [0.15, 0.2) is 5.25 Å². The smallest absolute Gasteiger partial charge is 0.323 e. The lowest BCUT2D eigenvalue weighted by molar-refractivity contribution is -0.136. The molecule has 0 aromatic heterocycles. The number of sulfonamides is 1. The lowest BCUT2D eigenvalue weighted by Crippen LogP contribution is -2.50. The number of aliphatic carboxylic acids is 1. The van der Waals surface area contributed by atoms with Crippen molar-refractivity contribution in [2.24, 2.45) is 0 Å². The van der Waals surface area contributed by atoms with Gasteiger partial charge in [-0.2, -0.15) is 0 Å². The number of carbonyl (C=O) groups is 1. The SMILES string of the molecule is CCC1(CC)CC(NS(=O)(=O)C(C)C(=O)O)CCO1. The van der Waals surface area contributed by atoms with Gasteiger partial charge in [-0.25, -0.2) is 13.1 Å². The number of carboxylic acids is 1. The number of nitrogens with one attached hydrogen (secondary N) is 1. The minimum absolute atomic E-state index is 0.250. The van der Waals surface area contributed by atoms with E-state index in [1.54, 1.807) is 0 Å². The largest absolute Gasteiger partial charge is 0.480 e. The van der Waals surface area contributed by atoms with Gasteiger partial charge in [0, 0.05) is 12.6 Å². The lowest BCUT2D eigenvalue weighted by Gasteiger charge is -2.40. The predicted molar refractivity (Wildman–Crippen MR) is 71.4 cm³/mol. The maximum atomic E-state index is 11.9. The standard InChI is InChI=1S/C12H23NO5S/c1-4-12(5-2)8-10(6-7-18-12)13-19(16,17)9(3)11(14)15/h9-10,13H,4-8H2,1-3H3,(H,14,15). The van der Waals surface area contributed by atoms with Crippen LogP contribution in [0.2, 0.25) is 0 Å². The number of ether oxygens (including phenoxy) is 1. The van der Waals surface area contributed by atoms with Crippen molar-refractivity contribution in [3.63, 3.8) is 0 Å². The van der Waals surface area contributed by atoms with Gasteiger partial charge in [0.25, 0.3) is 0 Å². The average molecular weight is 293 g/mol. The van der Waals surface area contributed by atoms with Crippen LogP contribution in [0.15, 0.2) is 0 Å². The van der Waals surface area contributed by atoms with Crippen molar-refractivity contribution in [1.29, 1.82) is 0 Å². The third kappa shape index (κ3) is 3.90. The normalized spacial score (nSPS) is 24.9. The summed E-state index contributed by atoms with van der Waals surface area (Å²) in [5.41, 5.74) is -0.294. The summed E-state index contributed by atoms with van der Waals surface area (Å²) in [6.45, 7) is 5.70. The molecule has 2 N–H and O–H groups in total. The Morgan fingerprint density at radius 3 is 2.53 bits per heavy atom. The quantitative estimate of drug-likeness (QED) is 0.765. The van der Waals surface area contributed by atoms with Gasteiger partial charge in [0.05, 0.1) is 5.60 Å². The molecule has 0 radical (unpaired) electrons. The third-order valence-corrected chi connectivity index (χ3v) is 5.72. The van der Waals surface area contributed by atoms with Crippen LogP contribution in [0.4, 0.5) is 0 Å². The molecular weight excluding hydrogens is 270 g/mol. The fourth-order valence-corrected chi connectivity index (χ4v) is 3.47. The molecular formula is C12H23NO5S. The first-order chi connectivity index (χ1) is 8.76. The summed E-state index contributed by atoms with van der Waals surface area (Å²) < 4.78 is 32.1. The van der Waals surface area contributed by atoms with Crippen molar-refractivity contribution in [2.45, 2.75) is 63.3 Å². The molecule has 1 rings (SSSR count). The van der Waals surface area contributed by atoms with Crippen LogP contribution in [0.1, 0.15) is 46.5 Å². The summed E-state index contributed by atoms with van der Waals surface area (Å²) in [7, 11) is -3.83. The van der Waals surface area contributed by atoms with Crippen molar-refractivity contribution in [2.75, 3.05) is 6.61 Å². The van der Waals surface area contributed by atoms with Gasteiger partial charge in [-0.1, -0.05) is 13.8 Å². The first kappa shape index (κ1) is 16.4. The summed E-state index contributed by atoms with van der Waals surface area (Å²) >= 11 is 0. The highest BCUT2D eigenvalue weighted by molar-refractivity contribution is 7.90. The number of hydrogen-bond acceptors (Lipinski definition) is 4. The molecule has 1 fully saturated rings. The van der Waals surface area contributed by atoms with Crippen LogP contribution < -0.4 is 4.72 Å². The lowest BCUT2D eigenvalue weighted by atomic mass is 9.86. The van der Waals surface area contributed by atoms with E-state index in [-0.39, 0.29) is 11.6 Å². The Labute approximate surface area is 114 Å². The summed E-state index contributed by atoms with van der Waals surface area (Å²) in [5, 5.41) is 7.36. The Hall–Kier alpha value is -0.660. The van der Waals surface area contributed by atoms with E-state index in [1.807, 2.05) is 13.8 Å². The first-order valence-corrected chi connectivity index (χ1v) is 8.19. The van der Waals surface area contributed by atoms with E-state index in [9.17, 15) is 13.2 Å². The van der Waals surface area contributed by atoms with Crippen molar-refractivity contribution < 1.29 is 23.1 Å². The van der Waals surface area contributed by atoms with Crippen molar-refractivity contribution in [3.8, 4) is 0 Å². The maximum absolute atomic E-state index is 11.9. The monoisotopic (exact) mass is 293 g/mol. The first-order valence-electron chi connectivity index (χ1n) is 6.64. The van der Waals surface area contributed by atoms with E-state index >= 15 is 0 Å². The molecule has 6 nitrogen and oxygen atoms in total. The predicted octanol–water partition coefficient (Wildman–Crippen LogP) is 1.12. The van der Waals surface area contributed by atoms with E-state index in [2.05, 4.69) is 4.72 Å². The van der Waals surface area contributed by atoms with Crippen molar-refractivity contribution >= 4 is 16.0 Å². The topological polar surface area (TPSA) is 92.7 Å². The van der Waals surface area contributed by atoms with E-state index < -0.39 is 21.2 Å². The van der Waals surface area contributed by atoms with Gasteiger partial charge in [0.2, 0.25) is 10.0 Å². The van der Waals surface area contributed by atoms with Crippen LogP contribution in [0.25, 0.3) is 0 Å². The molecule has 0 amide bonds. The Balaban J connectivity index is 2.75. The second kappa shape index (κ2) is 6.19. The van der Waals surface area contributed by atoms with Gasteiger partial charge in [-0.05, 0) is 32.6 Å². The molecule has 0 spiro atoms. The Morgan fingerprint density at radius 2 is 2.05 bits per heavy atom. The molecule has 1 saturated heterocycles. The van der Waals surface area contributed by atoms with Crippen LogP contribution in [0, 0.1) is 0 Å². The molecule has 0 aromatic rings. The van der Waals surface area contributed by atoms with Crippen LogP contribution in [0.5, 0.6) is 0 Å². The maximum Gasteiger partial charge on any atom is 0.323 e. The van der Waals surface area contributed by atoms with Crippen LogP contribution in [-0.2, 0) is 19.6 Å². The van der Waals surface area contributed by atoms with Crippen LogP contribution in [0.3, 0.4) is 0 Å². The number of rotatable bonds is 6. The minimum Gasteiger partial charge on any atom is -0.480 e. The molecule has 0 aliphatic carbocycles. The molecule has 2 unspecified atom stereocenters. The highest BCUT2D eigenvalue weighted by Crippen LogP contribution is 2.31. The van der Waals surface area contributed by atoms with Gasteiger partial charge in [-0.3, -0.25) is 4.79 Å². The Kier molecular flexibility index (Phi) is 5.34. The van der Waals surface area contributed by atoms with E-state index in [0.29, 0.717) is 19.4 Å². The van der Waals surface area contributed by atoms with Crippen molar-refractivity contribution in [1.82, 2.24) is 4.72 Å².